The summed E-state index contributed by atoms with van der Waals surface area (Å²) in [7, 11) is 0. The van der Waals surface area contributed by atoms with Gasteiger partial charge in [0.2, 0.25) is 0 Å². The van der Waals surface area contributed by atoms with Crippen LogP contribution in [0.25, 0.3) is 0 Å². The standard InChI is InChI=1S/C14H10O3.La/c15-13(11-7-3-1-4-8-11)17-14(16)12-9-5-2-6-10-12;/h1-10H;. The molecule has 2 aromatic rings. The molecule has 0 aliphatic heterocycles. The normalized spacial score (nSPS) is 9.11. The Bertz CT molecular complexity index is 474. The van der Waals surface area contributed by atoms with Crippen LogP contribution in [0.3, 0.4) is 0 Å². The van der Waals surface area contributed by atoms with E-state index in [1.54, 1.807) is 60.7 Å². The molecule has 0 aliphatic carbocycles. The van der Waals surface area contributed by atoms with Crippen LogP contribution in [0.4, 0.5) is 0 Å². The van der Waals surface area contributed by atoms with E-state index >= 15 is 0 Å². The number of hydrogen-bond donors (Lipinski definition) is 0. The minimum Gasteiger partial charge on any atom is -0.386 e. The van der Waals surface area contributed by atoms with E-state index in [0.717, 1.165) is 0 Å². The monoisotopic (exact) mass is 365 g/mol. The summed E-state index contributed by atoms with van der Waals surface area (Å²) in [5, 5.41) is 0. The minimum absolute atomic E-state index is 0. The van der Waals surface area contributed by atoms with Crippen molar-refractivity contribution in [2.45, 2.75) is 0 Å². The molecule has 4 heteroatoms. The van der Waals surface area contributed by atoms with Crippen LogP contribution in [0.5, 0.6) is 0 Å². The van der Waals surface area contributed by atoms with Crippen molar-refractivity contribution in [2.24, 2.45) is 0 Å². The molecule has 0 heterocycles. The zero-order chi connectivity index (χ0) is 12.1. The molecule has 0 bridgehead atoms. The molecular weight excluding hydrogens is 355 g/mol. The zero-order valence-corrected chi connectivity index (χ0v) is 13.2. The predicted octanol–water partition coefficient (Wildman–Crippen LogP) is 2.68. The van der Waals surface area contributed by atoms with Crippen molar-refractivity contribution in [3.05, 3.63) is 71.8 Å². The molecule has 87 valence electrons. The number of hydrogen-bond acceptors (Lipinski definition) is 3. The van der Waals surface area contributed by atoms with Gasteiger partial charge in [0.1, 0.15) is 0 Å². The molecule has 0 aromatic heterocycles. The van der Waals surface area contributed by atoms with Crippen molar-refractivity contribution in [3.8, 4) is 0 Å². The molecule has 1 radical (unpaired) electrons. The van der Waals surface area contributed by atoms with Crippen LogP contribution >= 0.6 is 0 Å². The Morgan fingerprint density at radius 2 is 1.00 bits per heavy atom. The summed E-state index contributed by atoms with van der Waals surface area (Å²) in [5.74, 6) is -1.28. The average molecular weight is 365 g/mol. The van der Waals surface area contributed by atoms with Crippen molar-refractivity contribution in [1.29, 1.82) is 0 Å². The Morgan fingerprint density at radius 1 is 0.667 bits per heavy atom. The van der Waals surface area contributed by atoms with Crippen LogP contribution in [-0.4, -0.2) is 11.9 Å². The van der Waals surface area contributed by atoms with Gasteiger partial charge in [0, 0.05) is 35.6 Å². The first-order chi connectivity index (χ1) is 8.27. The average Bonchev–Trinajstić information content (AvgIpc) is 2.40. The van der Waals surface area contributed by atoms with Crippen molar-refractivity contribution in [3.63, 3.8) is 0 Å². The van der Waals surface area contributed by atoms with Crippen LogP contribution < -0.4 is 0 Å². The summed E-state index contributed by atoms with van der Waals surface area (Å²) in [5.41, 5.74) is 0.716. The quantitative estimate of drug-likeness (QED) is 0.607. The van der Waals surface area contributed by atoms with Gasteiger partial charge in [-0.2, -0.15) is 0 Å². The molecule has 0 unspecified atom stereocenters. The molecule has 0 spiro atoms. The third-order valence-corrected chi connectivity index (χ3v) is 2.20. The second-order valence-corrected chi connectivity index (χ2v) is 3.41. The fraction of sp³-hybridized carbons (Fsp3) is 0. The Hall–Kier alpha value is -1.23. The van der Waals surface area contributed by atoms with Crippen LogP contribution in [0.1, 0.15) is 20.7 Å². The summed E-state index contributed by atoms with van der Waals surface area (Å²) < 4.78 is 4.74. The molecule has 3 nitrogen and oxygen atoms in total. The Labute approximate surface area is 133 Å². The van der Waals surface area contributed by atoms with E-state index in [0.29, 0.717) is 11.1 Å². The van der Waals surface area contributed by atoms with Crippen LogP contribution in [0, 0.1) is 35.6 Å². The number of ether oxygens (including phenoxy) is 1. The summed E-state index contributed by atoms with van der Waals surface area (Å²) in [4.78, 5) is 23.2. The molecular formula is C14H10LaO3. The van der Waals surface area contributed by atoms with Crippen LogP contribution in [0.15, 0.2) is 60.7 Å². The van der Waals surface area contributed by atoms with Gasteiger partial charge in [-0.3, -0.25) is 0 Å². The third-order valence-electron chi connectivity index (χ3n) is 2.20. The van der Waals surface area contributed by atoms with Gasteiger partial charge in [-0.05, 0) is 24.3 Å². The van der Waals surface area contributed by atoms with Crippen LogP contribution in [0.2, 0.25) is 0 Å². The summed E-state index contributed by atoms with van der Waals surface area (Å²) in [6.45, 7) is 0. The first-order valence-corrected chi connectivity index (χ1v) is 5.14. The molecule has 0 N–H and O–H groups in total. The van der Waals surface area contributed by atoms with Gasteiger partial charge in [-0.25, -0.2) is 9.59 Å². The Morgan fingerprint density at radius 3 is 1.33 bits per heavy atom. The van der Waals surface area contributed by atoms with Crippen molar-refractivity contribution >= 4 is 11.9 Å². The maximum absolute atomic E-state index is 11.6. The molecule has 2 rings (SSSR count). The first-order valence-electron chi connectivity index (χ1n) is 5.14. The van der Waals surface area contributed by atoms with Crippen molar-refractivity contribution in [2.75, 3.05) is 0 Å². The third kappa shape index (κ3) is 3.91. The smallest absolute Gasteiger partial charge is 0.346 e. The van der Waals surface area contributed by atoms with E-state index in [1.807, 2.05) is 0 Å². The molecule has 0 saturated heterocycles. The maximum atomic E-state index is 11.6. The predicted molar refractivity (Wildman–Crippen MR) is 62.6 cm³/mol. The molecule has 0 aliphatic rings. The second-order valence-electron chi connectivity index (χ2n) is 3.41. The Kier molecular flexibility index (Phi) is 5.99. The van der Waals surface area contributed by atoms with Gasteiger partial charge in [0.05, 0.1) is 11.1 Å². The maximum Gasteiger partial charge on any atom is 0.346 e. The molecule has 0 atom stereocenters. The van der Waals surface area contributed by atoms with E-state index in [9.17, 15) is 9.59 Å². The van der Waals surface area contributed by atoms with E-state index in [1.165, 1.54) is 0 Å². The molecule has 0 saturated carbocycles. The fourth-order valence-electron chi connectivity index (χ4n) is 1.35. The topological polar surface area (TPSA) is 43.4 Å². The van der Waals surface area contributed by atoms with Gasteiger partial charge in [0.15, 0.2) is 0 Å². The number of benzene rings is 2. The van der Waals surface area contributed by atoms with E-state index in [-0.39, 0.29) is 35.6 Å². The van der Waals surface area contributed by atoms with Gasteiger partial charge < -0.3 is 4.74 Å². The van der Waals surface area contributed by atoms with Gasteiger partial charge in [-0.15, -0.1) is 0 Å². The van der Waals surface area contributed by atoms with Crippen molar-refractivity contribution in [1.82, 2.24) is 0 Å². The number of carbonyl (C=O) groups excluding carboxylic acids is 2. The van der Waals surface area contributed by atoms with E-state index in [2.05, 4.69) is 0 Å². The molecule has 2 aromatic carbocycles. The van der Waals surface area contributed by atoms with E-state index < -0.39 is 11.9 Å². The molecule has 0 fully saturated rings. The van der Waals surface area contributed by atoms with Gasteiger partial charge >= 0.3 is 11.9 Å². The first kappa shape index (κ1) is 14.8. The summed E-state index contributed by atoms with van der Waals surface area (Å²) in [6, 6.07) is 16.8. The molecule has 18 heavy (non-hydrogen) atoms. The van der Waals surface area contributed by atoms with Gasteiger partial charge in [0.25, 0.3) is 0 Å². The fourth-order valence-corrected chi connectivity index (χ4v) is 1.35. The number of rotatable bonds is 2. The van der Waals surface area contributed by atoms with Crippen molar-refractivity contribution < 1.29 is 49.9 Å². The Balaban J connectivity index is 0.00000162. The summed E-state index contributed by atoms with van der Waals surface area (Å²) in [6.07, 6.45) is 0. The SMILES string of the molecule is O=C(OC(=O)c1ccccc1)c1ccccc1.[La]. The largest absolute Gasteiger partial charge is 0.386 e. The molecule has 0 amide bonds. The number of carbonyl (C=O) groups is 2. The second kappa shape index (κ2) is 7.26. The summed E-state index contributed by atoms with van der Waals surface area (Å²) >= 11 is 0. The van der Waals surface area contributed by atoms with Crippen LogP contribution in [-0.2, 0) is 4.74 Å². The number of esters is 2. The van der Waals surface area contributed by atoms with Gasteiger partial charge in [-0.1, -0.05) is 36.4 Å². The zero-order valence-electron chi connectivity index (χ0n) is 9.58. The van der Waals surface area contributed by atoms with E-state index in [4.69, 9.17) is 4.74 Å². The minimum atomic E-state index is -0.639.